The van der Waals surface area contributed by atoms with Gasteiger partial charge in [-0.3, -0.25) is 0 Å². The molecule has 0 aromatic heterocycles. The Morgan fingerprint density at radius 1 is 1.12 bits per heavy atom. The van der Waals surface area contributed by atoms with E-state index < -0.39 is 0 Å². The summed E-state index contributed by atoms with van der Waals surface area (Å²) in [6.45, 7) is 2.20. The molecule has 0 fully saturated rings. The Bertz CT molecular complexity index is 1120. The molecule has 0 saturated heterocycles. The van der Waals surface area contributed by atoms with Gasteiger partial charge < -0.3 is 9.47 Å². The Hall–Kier alpha value is -2.77. The third kappa shape index (κ3) is 2.32. The van der Waals surface area contributed by atoms with Crippen molar-refractivity contribution in [2.24, 2.45) is 0 Å². The molecule has 3 aromatic rings. The molecule has 0 amide bonds. The second-order valence-electron chi connectivity index (χ2n) is 6.80. The Morgan fingerprint density at radius 2 is 1.96 bits per heavy atom. The van der Waals surface area contributed by atoms with Crippen LogP contribution in [0, 0.1) is 0 Å². The first-order valence-electron chi connectivity index (χ1n) is 9.10. The predicted molar refractivity (Wildman–Crippen MR) is 106 cm³/mol. The summed E-state index contributed by atoms with van der Waals surface area (Å²) in [7, 11) is 3.33. The van der Waals surface area contributed by atoms with Crippen LogP contribution >= 0.6 is 0 Å². The van der Waals surface area contributed by atoms with Crippen molar-refractivity contribution in [2.45, 2.75) is 32.6 Å². The van der Waals surface area contributed by atoms with E-state index in [0.717, 1.165) is 52.3 Å². The molecule has 3 aromatic carbocycles. The van der Waals surface area contributed by atoms with Crippen LogP contribution in [0.3, 0.4) is 0 Å². The second-order valence-corrected chi connectivity index (χ2v) is 6.80. The molecule has 26 heavy (non-hydrogen) atoms. The number of aryl methyl sites for hydroxylation is 1. The van der Waals surface area contributed by atoms with Crippen LogP contribution < -0.4 is 9.96 Å². The van der Waals surface area contributed by atoms with Crippen molar-refractivity contribution in [3.63, 3.8) is 0 Å². The number of rotatable bonds is 5. The lowest BCUT2D eigenvalue weighted by Gasteiger charge is -2.23. The molecule has 0 atom stereocenters. The highest BCUT2D eigenvalue weighted by atomic mass is 16.5. The van der Waals surface area contributed by atoms with Gasteiger partial charge in [0, 0.05) is 11.8 Å². The number of methoxy groups -OCH3 is 2. The minimum Gasteiger partial charge on any atom is -0.500 e. The van der Waals surface area contributed by atoms with Crippen molar-refractivity contribution in [2.75, 3.05) is 14.2 Å². The zero-order valence-corrected chi connectivity index (χ0v) is 15.4. The molecule has 0 bridgehead atoms. The first-order chi connectivity index (χ1) is 12.7. The Kier molecular flexibility index (Phi) is 4.18. The molecule has 0 spiro atoms. The quantitative estimate of drug-likeness (QED) is 0.641. The smallest absolute Gasteiger partial charge is 0.130 e. The van der Waals surface area contributed by atoms with Crippen molar-refractivity contribution < 1.29 is 14.3 Å². The highest BCUT2D eigenvalue weighted by molar-refractivity contribution is 6.18. The number of unbranched alkanes of at least 4 members (excludes halogenated alkanes) is 1. The lowest BCUT2D eigenvalue weighted by atomic mass is 9.83. The minimum absolute atomic E-state index is 0.448. The molecule has 0 radical (unpaired) electrons. The van der Waals surface area contributed by atoms with Crippen molar-refractivity contribution in [3.05, 3.63) is 46.7 Å². The average Bonchev–Trinajstić information content (AvgIpc) is 2.69. The highest BCUT2D eigenvalue weighted by Gasteiger charge is 2.24. The van der Waals surface area contributed by atoms with Crippen LogP contribution in [0.2, 0.25) is 0 Å². The van der Waals surface area contributed by atoms with Gasteiger partial charge in [-0.25, -0.2) is 4.79 Å². The molecular weight excluding hydrogens is 324 g/mol. The molecule has 0 aliphatic heterocycles. The number of carbonyl (C=O) groups excluding carboxylic acids is 1. The SMILES string of the molecule is CCCCc1cc2c3c(c(OC)cc4cccc1c43)=C(OC)CC2=C=O. The van der Waals surface area contributed by atoms with Gasteiger partial charge in [0.25, 0.3) is 0 Å². The van der Waals surface area contributed by atoms with Crippen molar-refractivity contribution in [1.29, 1.82) is 0 Å². The molecule has 4 rings (SSSR count). The third-order valence-corrected chi connectivity index (χ3v) is 5.39. The molecule has 0 saturated carbocycles. The number of hydrogen-bond donors (Lipinski definition) is 0. The fourth-order valence-corrected chi connectivity index (χ4v) is 4.15. The largest absolute Gasteiger partial charge is 0.500 e. The molecule has 1 aliphatic carbocycles. The molecule has 0 heterocycles. The maximum absolute atomic E-state index is 11.7. The summed E-state index contributed by atoms with van der Waals surface area (Å²) in [4.78, 5) is 11.7. The van der Waals surface area contributed by atoms with E-state index in [4.69, 9.17) is 9.47 Å². The summed E-state index contributed by atoms with van der Waals surface area (Å²) >= 11 is 0. The van der Waals surface area contributed by atoms with E-state index >= 15 is 0 Å². The van der Waals surface area contributed by atoms with E-state index in [1.54, 1.807) is 14.2 Å². The minimum atomic E-state index is 0.448. The lowest BCUT2D eigenvalue weighted by Crippen LogP contribution is -2.19. The first kappa shape index (κ1) is 16.7. The highest BCUT2D eigenvalue weighted by Crippen LogP contribution is 2.39. The molecular formula is C23H22O3. The van der Waals surface area contributed by atoms with E-state index in [9.17, 15) is 4.79 Å². The van der Waals surface area contributed by atoms with E-state index in [-0.39, 0.29) is 0 Å². The van der Waals surface area contributed by atoms with Crippen molar-refractivity contribution >= 4 is 38.8 Å². The Balaban J connectivity index is 2.27. The molecule has 3 nitrogen and oxygen atoms in total. The molecule has 3 heteroatoms. The summed E-state index contributed by atoms with van der Waals surface area (Å²) in [6, 6.07) is 10.6. The van der Waals surface area contributed by atoms with Gasteiger partial charge in [0.2, 0.25) is 0 Å². The molecule has 132 valence electrons. The fourth-order valence-electron chi connectivity index (χ4n) is 4.15. The normalized spacial score (nSPS) is 13.3. The Labute approximate surface area is 152 Å². The number of benzene rings is 3. The fraction of sp³-hybridized carbons (Fsp3) is 0.304. The summed E-state index contributed by atoms with van der Waals surface area (Å²) in [5.74, 6) is 3.71. The van der Waals surface area contributed by atoms with E-state index in [1.807, 2.05) is 0 Å². The summed E-state index contributed by atoms with van der Waals surface area (Å²) < 4.78 is 11.3. The number of ether oxygens (including phenoxy) is 2. The monoisotopic (exact) mass is 346 g/mol. The van der Waals surface area contributed by atoms with E-state index in [1.165, 1.54) is 16.3 Å². The molecule has 0 unspecified atom stereocenters. The molecule has 1 aliphatic rings. The number of hydrogen-bond acceptors (Lipinski definition) is 3. The molecule has 0 N–H and O–H groups in total. The van der Waals surface area contributed by atoms with Gasteiger partial charge in [0.15, 0.2) is 0 Å². The van der Waals surface area contributed by atoms with Gasteiger partial charge in [0.1, 0.15) is 17.5 Å². The van der Waals surface area contributed by atoms with Crippen LogP contribution in [0.5, 0.6) is 5.75 Å². The average molecular weight is 346 g/mol. The third-order valence-electron chi connectivity index (χ3n) is 5.39. The maximum Gasteiger partial charge on any atom is 0.130 e. The van der Waals surface area contributed by atoms with Crippen molar-refractivity contribution in [1.82, 2.24) is 0 Å². The standard InChI is InChI=1S/C23H22O3/c1-4-5-7-14-10-18-16(13-24)12-20(26-3)23-19(25-2)11-15-8-6-9-17(14)21(15)22(18)23/h6,8-11H,4-5,7,12H2,1-3H3. The van der Waals surface area contributed by atoms with Crippen LogP contribution in [-0.2, 0) is 16.0 Å². The zero-order chi connectivity index (χ0) is 18.3. The summed E-state index contributed by atoms with van der Waals surface area (Å²) in [5, 5.41) is 5.58. The van der Waals surface area contributed by atoms with Crippen LogP contribution in [0.15, 0.2) is 30.3 Å². The van der Waals surface area contributed by atoms with Crippen LogP contribution in [-0.4, -0.2) is 20.2 Å². The lowest BCUT2D eigenvalue weighted by molar-refractivity contribution is 0.350. The zero-order valence-electron chi connectivity index (χ0n) is 15.4. The van der Waals surface area contributed by atoms with Crippen molar-refractivity contribution in [3.8, 4) is 5.75 Å². The van der Waals surface area contributed by atoms with E-state index in [2.05, 4.69) is 43.2 Å². The van der Waals surface area contributed by atoms with Gasteiger partial charge in [0.05, 0.1) is 25.0 Å². The van der Waals surface area contributed by atoms with Crippen LogP contribution in [0.1, 0.15) is 37.3 Å². The first-order valence-corrected chi connectivity index (χ1v) is 9.10. The van der Waals surface area contributed by atoms with Gasteiger partial charge in [-0.2, -0.15) is 0 Å². The van der Waals surface area contributed by atoms with E-state index in [0.29, 0.717) is 12.0 Å². The van der Waals surface area contributed by atoms with Crippen LogP contribution in [0.25, 0.3) is 32.9 Å². The maximum atomic E-state index is 11.7. The Morgan fingerprint density at radius 3 is 2.65 bits per heavy atom. The van der Waals surface area contributed by atoms with Gasteiger partial charge in [-0.1, -0.05) is 31.5 Å². The van der Waals surface area contributed by atoms with Gasteiger partial charge >= 0.3 is 0 Å². The second kappa shape index (κ2) is 6.51. The summed E-state index contributed by atoms with van der Waals surface area (Å²) in [5.41, 5.74) is 2.93. The van der Waals surface area contributed by atoms with Gasteiger partial charge in [-0.15, -0.1) is 0 Å². The van der Waals surface area contributed by atoms with Crippen LogP contribution in [0.4, 0.5) is 0 Å². The van der Waals surface area contributed by atoms with Gasteiger partial charge in [-0.05, 0) is 52.3 Å². The summed E-state index contributed by atoms with van der Waals surface area (Å²) in [6.07, 6.45) is 3.72. The predicted octanol–water partition coefficient (Wildman–Crippen LogP) is 4.44. The topological polar surface area (TPSA) is 35.5 Å².